The molecule has 0 spiro atoms. The van der Waals surface area contributed by atoms with E-state index in [4.69, 9.17) is 15.9 Å². The number of fused-ring (bicyclic) bond motifs is 3. The van der Waals surface area contributed by atoms with Crippen LogP contribution in [-0.4, -0.2) is 50.1 Å². The van der Waals surface area contributed by atoms with Crippen molar-refractivity contribution in [3.05, 3.63) is 23.3 Å². The summed E-state index contributed by atoms with van der Waals surface area (Å²) in [6.07, 6.45) is 6.57. The molecule has 1 fully saturated rings. The average molecular weight is 368 g/mol. The Morgan fingerprint density at radius 2 is 2.00 bits per heavy atom. The van der Waals surface area contributed by atoms with Gasteiger partial charge in [-0.05, 0) is 23.6 Å². The minimum absolute atomic E-state index is 0. The van der Waals surface area contributed by atoms with Crippen LogP contribution in [-0.2, 0) is 6.42 Å². The molecule has 22 heavy (non-hydrogen) atoms. The summed E-state index contributed by atoms with van der Waals surface area (Å²) in [5, 5.41) is 9.64. The molecular formula is C17H22BrNO3. The van der Waals surface area contributed by atoms with Crippen molar-refractivity contribution in [1.29, 1.82) is 0 Å². The number of methoxy groups -OCH3 is 2. The molecule has 3 unspecified atom stereocenters. The summed E-state index contributed by atoms with van der Waals surface area (Å²) in [6, 6.07) is 4.43. The smallest absolute Gasteiger partial charge is 0.161 e. The number of hydrogen-bond acceptors (Lipinski definition) is 3. The Balaban J connectivity index is 0.00000176. The fourth-order valence-electron chi connectivity index (χ4n) is 4.12. The highest BCUT2D eigenvalue weighted by Gasteiger charge is 2.56. The van der Waals surface area contributed by atoms with Crippen molar-refractivity contribution in [2.45, 2.75) is 12.5 Å². The quantitative estimate of drug-likeness (QED) is 0.513. The minimum Gasteiger partial charge on any atom is -1.00 e. The first kappa shape index (κ1) is 17.1. The number of terminal acetylenes is 1. The summed E-state index contributed by atoms with van der Waals surface area (Å²) in [7, 11) is 3.31. The lowest BCUT2D eigenvalue weighted by Crippen LogP contribution is -3.00. The lowest BCUT2D eigenvalue weighted by molar-refractivity contribution is -1.00. The van der Waals surface area contributed by atoms with Crippen LogP contribution >= 0.6 is 0 Å². The molecule has 120 valence electrons. The van der Waals surface area contributed by atoms with Crippen LogP contribution < -0.4 is 26.5 Å². The summed E-state index contributed by atoms with van der Waals surface area (Å²) >= 11 is 0. The predicted molar refractivity (Wildman–Crippen MR) is 80.3 cm³/mol. The second-order valence-electron chi connectivity index (χ2n) is 6.03. The Bertz CT molecular complexity index is 598. The maximum Gasteiger partial charge on any atom is 0.161 e. The van der Waals surface area contributed by atoms with Gasteiger partial charge in [-0.1, -0.05) is 0 Å². The first-order valence-electron chi connectivity index (χ1n) is 7.34. The van der Waals surface area contributed by atoms with E-state index in [0.717, 1.165) is 42.0 Å². The van der Waals surface area contributed by atoms with E-state index in [1.807, 2.05) is 0 Å². The largest absolute Gasteiger partial charge is 1.00 e. The van der Waals surface area contributed by atoms with Gasteiger partial charge in [-0.3, -0.25) is 0 Å². The van der Waals surface area contributed by atoms with Crippen LogP contribution in [0, 0.1) is 18.3 Å². The zero-order valence-corrected chi connectivity index (χ0v) is 14.6. The highest BCUT2D eigenvalue weighted by atomic mass is 79.9. The highest BCUT2D eigenvalue weighted by Crippen LogP contribution is 2.51. The third-order valence-electron chi connectivity index (χ3n) is 5.07. The van der Waals surface area contributed by atoms with Crippen LogP contribution in [0.2, 0.25) is 0 Å². The van der Waals surface area contributed by atoms with E-state index >= 15 is 0 Å². The number of hydrogen-bond donors (Lipinski definition) is 1. The van der Waals surface area contributed by atoms with E-state index in [1.54, 1.807) is 14.2 Å². The van der Waals surface area contributed by atoms with Gasteiger partial charge < -0.3 is 36.0 Å². The monoisotopic (exact) mass is 367 g/mol. The highest BCUT2D eigenvalue weighted by molar-refractivity contribution is 5.49. The van der Waals surface area contributed by atoms with Gasteiger partial charge >= 0.3 is 0 Å². The van der Waals surface area contributed by atoms with Crippen molar-refractivity contribution in [3.63, 3.8) is 0 Å². The minimum atomic E-state index is 0. The third-order valence-corrected chi connectivity index (χ3v) is 5.07. The van der Waals surface area contributed by atoms with Gasteiger partial charge in [-0.2, -0.15) is 0 Å². The van der Waals surface area contributed by atoms with Gasteiger partial charge in [0, 0.05) is 12.0 Å². The zero-order chi connectivity index (χ0) is 15.0. The van der Waals surface area contributed by atoms with Crippen LogP contribution in [0.4, 0.5) is 0 Å². The molecule has 1 aromatic rings. The molecule has 2 aliphatic heterocycles. The van der Waals surface area contributed by atoms with Crippen molar-refractivity contribution in [2.24, 2.45) is 5.92 Å². The second kappa shape index (κ2) is 6.49. The van der Waals surface area contributed by atoms with Crippen LogP contribution in [0.5, 0.6) is 11.5 Å². The van der Waals surface area contributed by atoms with E-state index in [9.17, 15) is 5.11 Å². The number of ether oxygens (including phenoxy) is 2. The Morgan fingerprint density at radius 1 is 1.32 bits per heavy atom. The summed E-state index contributed by atoms with van der Waals surface area (Å²) in [6.45, 7) is 2.95. The normalized spacial score (nSPS) is 28.3. The molecule has 0 bridgehead atoms. The molecule has 0 aliphatic carbocycles. The van der Waals surface area contributed by atoms with E-state index in [2.05, 4.69) is 18.1 Å². The van der Waals surface area contributed by atoms with Gasteiger partial charge in [-0.15, -0.1) is 6.42 Å². The summed E-state index contributed by atoms with van der Waals surface area (Å²) in [5.74, 6) is 4.63. The molecule has 1 saturated heterocycles. The van der Waals surface area contributed by atoms with Crippen LogP contribution in [0.3, 0.4) is 0 Å². The molecule has 0 aromatic heterocycles. The van der Waals surface area contributed by atoms with E-state index in [-0.39, 0.29) is 35.5 Å². The summed E-state index contributed by atoms with van der Waals surface area (Å²) in [5.41, 5.74) is 2.56. The lowest BCUT2D eigenvalue weighted by atomic mass is 9.74. The summed E-state index contributed by atoms with van der Waals surface area (Å²) < 4.78 is 11.7. The Morgan fingerprint density at radius 3 is 2.59 bits per heavy atom. The number of nitrogens with zero attached hydrogens (tertiary/aromatic N) is 1. The van der Waals surface area contributed by atoms with Gasteiger partial charge in [0.15, 0.2) is 11.5 Å². The third kappa shape index (κ3) is 2.40. The van der Waals surface area contributed by atoms with Gasteiger partial charge in [0.05, 0.1) is 39.8 Å². The molecule has 3 atom stereocenters. The predicted octanol–water partition coefficient (Wildman–Crippen LogP) is -1.62. The fourth-order valence-corrected chi connectivity index (χ4v) is 4.12. The molecular weight excluding hydrogens is 346 g/mol. The molecule has 3 rings (SSSR count). The lowest BCUT2D eigenvalue weighted by Gasteiger charge is -2.58. The second-order valence-corrected chi connectivity index (χ2v) is 6.03. The van der Waals surface area contributed by atoms with Gasteiger partial charge in [0.1, 0.15) is 12.6 Å². The van der Waals surface area contributed by atoms with E-state index < -0.39 is 0 Å². The first-order valence-corrected chi connectivity index (χ1v) is 7.34. The Kier molecular flexibility index (Phi) is 5.06. The van der Waals surface area contributed by atoms with Crippen LogP contribution in [0.25, 0.3) is 0 Å². The van der Waals surface area contributed by atoms with E-state index in [0.29, 0.717) is 0 Å². The molecule has 2 aliphatic rings. The molecule has 0 saturated carbocycles. The maximum atomic E-state index is 9.64. The standard InChI is InChI=1S/C17H22NO3.BrH/c1-4-6-18-7-5-12-8-15(20-2)16(21-3)9-14(12)17(18)13(10-18)11-19;/h1,8-9,13,17,19H,5-7,10-11H2,2-3H3;1H/q+1;/p-1. The van der Waals surface area contributed by atoms with Gasteiger partial charge in [0.2, 0.25) is 0 Å². The molecule has 5 heteroatoms. The first-order chi connectivity index (χ1) is 10.2. The van der Waals surface area contributed by atoms with E-state index in [1.165, 1.54) is 11.1 Å². The molecule has 4 nitrogen and oxygen atoms in total. The van der Waals surface area contributed by atoms with Crippen molar-refractivity contribution in [1.82, 2.24) is 0 Å². The number of aliphatic hydroxyl groups is 1. The number of aliphatic hydroxyl groups excluding tert-OH is 1. The van der Waals surface area contributed by atoms with Crippen LogP contribution in [0.1, 0.15) is 17.2 Å². The number of quaternary nitrogens is 1. The average Bonchev–Trinajstić information content (AvgIpc) is 2.49. The fraction of sp³-hybridized carbons (Fsp3) is 0.529. The Hall–Kier alpha value is -1.22. The molecule has 1 N–H and O–H groups in total. The van der Waals surface area contributed by atoms with Crippen molar-refractivity contribution >= 4 is 0 Å². The SMILES string of the molecule is C#CC[N+]12CCc3cc(OC)c(OC)cc3C1C(CO)C2.[Br-]. The van der Waals surface area contributed by atoms with Gasteiger partial charge in [-0.25, -0.2) is 0 Å². The number of benzene rings is 1. The van der Waals surface area contributed by atoms with Crippen molar-refractivity contribution in [2.75, 3.05) is 40.5 Å². The van der Waals surface area contributed by atoms with Crippen molar-refractivity contribution < 1.29 is 36.0 Å². The topological polar surface area (TPSA) is 38.7 Å². The molecule has 2 heterocycles. The molecule has 1 aromatic carbocycles. The molecule has 0 amide bonds. The maximum absolute atomic E-state index is 9.64. The van der Waals surface area contributed by atoms with Gasteiger partial charge in [0.25, 0.3) is 0 Å². The Labute approximate surface area is 142 Å². The van der Waals surface area contributed by atoms with Crippen molar-refractivity contribution in [3.8, 4) is 23.8 Å². The number of rotatable bonds is 4. The number of halogens is 1. The molecule has 0 radical (unpaired) electrons. The zero-order valence-electron chi connectivity index (χ0n) is 13.0. The summed E-state index contributed by atoms with van der Waals surface area (Å²) in [4.78, 5) is 0. The van der Waals surface area contributed by atoms with Crippen LogP contribution in [0.15, 0.2) is 12.1 Å².